The van der Waals surface area contributed by atoms with Crippen LogP contribution in [0.4, 0.5) is 5.69 Å². The van der Waals surface area contributed by atoms with Gasteiger partial charge in [-0.3, -0.25) is 4.79 Å². The molecule has 182 valence electrons. The normalized spacial score (nSPS) is 16.7. The summed E-state index contributed by atoms with van der Waals surface area (Å²) in [6.45, 7) is 7.61. The van der Waals surface area contributed by atoms with Crippen molar-refractivity contribution in [3.05, 3.63) is 80.4 Å². The van der Waals surface area contributed by atoms with Gasteiger partial charge in [0.25, 0.3) is 5.91 Å². The van der Waals surface area contributed by atoms with Crippen LogP contribution in [0.2, 0.25) is 0 Å². The highest BCUT2D eigenvalue weighted by atomic mass is 79.9. The molecule has 35 heavy (non-hydrogen) atoms. The maximum Gasteiger partial charge on any atom is 0.338 e. The summed E-state index contributed by atoms with van der Waals surface area (Å²) in [6.07, 6.45) is 1.89. The zero-order valence-corrected chi connectivity index (χ0v) is 22.3. The number of hydrogen-bond donors (Lipinski definition) is 1. The van der Waals surface area contributed by atoms with Crippen LogP contribution in [0, 0.1) is 13.8 Å². The zero-order chi connectivity index (χ0) is 25.1. The average molecular weight is 556 g/mol. The Morgan fingerprint density at radius 1 is 1.20 bits per heavy atom. The second-order valence-electron chi connectivity index (χ2n) is 8.09. The van der Waals surface area contributed by atoms with Crippen LogP contribution in [0.25, 0.3) is 0 Å². The molecule has 1 atom stereocenters. The molecule has 0 fully saturated rings. The number of aliphatic imine (C=N–C) groups is 1. The summed E-state index contributed by atoms with van der Waals surface area (Å²) in [4.78, 5) is 32.2. The van der Waals surface area contributed by atoms with Crippen LogP contribution in [-0.2, 0) is 14.3 Å². The molecule has 7 nitrogen and oxygen atoms in total. The number of halogens is 1. The lowest BCUT2D eigenvalue weighted by Gasteiger charge is -2.34. The van der Waals surface area contributed by atoms with Gasteiger partial charge in [-0.25, -0.2) is 9.79 Å². The van der Waals surface area contributed by atoms with E-state index in [2.05, 4.69) is 26.2 Å². The van der Waals surface area contributed by atoms with E-state index in [-0.39, 0.29) is 19.1 Å². The Morgan fingerprint density at radius 2 is 2.00 bits per heavy atom. The van der Waals surface area contributed by atoms with Gasteiger partial charge in [0, 0.05) is 21.9 Å². The third-order valence-corrected chi connectivity index (χ3v) is 7.08. The van der Waals surface area contributed by atoms with Crippen molar-refractivity contribution >= 4 is 50.4 Å². The predicted octanol–water partition coefficient (Wildman–Crippen LogP) is 5.85. The standard InChI is InChI=1S/C26H26BrN3O4S/c1-5-33-25(32)23-17(4)28-26-30(11-12-35-26)24(23)19-13-18(27)9-10-21(19)34-14-22(31)29-20-8-6-7-15(2)16(20)3/h6-13,24H,5,14H2,1-4H3,(H,29,31)/t24-/m1/s1. The molecule has 2 aromatic carbocycles. The van der Waals surface area contributed by atoms with Gasteiger partial charge in [0.15, 0.2) is 11.8 Å². The number of aryl methyl sites for hydroxylation is 1. The fourth-order valence-corrected chi connectivity index (χ4v) is 5.13. The molecule has 1 N–H and O–H groups in total. The van der Waals surface area contributed by atoms with E-state index in [1.807, 2.05) is 60.7 Å². The lowest BCUT2D eigenvalue weighted by molar-refractivity contribution is -0.139. The maximum atomic E-state index is 13.0. The van der Waals surface area contributed by atoms with E-state index < -0.39 is 12.0 Å². The van der Waals surface area contributed by atoms with Crippen molar-refractivity contribution in [2.24, 2.45) is 4.99 Å². The summed E-state index contributed by atoms with van der Waals surface area (Å²) in [5.74, 6) is -0.204. The van der Waals surface area contributed by atoms with E-state index in [0.717, 1.165) is 32.0 Å². The van der Waals surface area contributed by atoms with Gasteiger partial charge in [0.2, 0.25) is 0 Å². The van der Waals surface area contributed by atoms with E-state index in [1.54, 1.807) is 19.9 Å². The van der Waals surface area contributed by atoms with E-state index in [4.69, 9.17) is 9.47 Å². The number of carbonyl (C=O) groups excluding carboxylic acids is 2. The summed E-state index contributed by atoms with van der Waals surface area (Å²) in [6, 6.07) is 10.8. The molecule has 0 saturated carbocycles. The van der Waals surface area contributed by atoms with Crippen LogP contribution in [0.1, 0.15) is 36.6 Å². The Balaban J connectivity index is 1.64. The Hall–Kier alpha value is -3.04. The number of carbonyl (C=O) groups is 2. The molecule has 0 saturated heterocycles. The zero-order valence-electron chi connectivity index (χ0n) is 19.9. The van der Waals surface area contributed by atoms with Gasteiger partial charge in [-0.2, -0.15) is 0 Å². The lowest BCUT2D eigenvalue weighted by Crippen LogP contribution is -2.34. The molecule has 4 rings (SSSR count). The molecule has 2 aliphatic rings. The van der Waals surface area contributed by atoms with Gasteiger partial charge in [0.1, 0.15) is 5.75 Å². The third kappa shape index (κ3) is 5.31. The fourth-order valence-electron chi connectivity index (χ4n) is 3.96. The molecule has 0 bridgehead atoms. The van der Waals surface area contributed by atoms with Crippen LogP contribution in [0.5, 0.6) is 5.75 Å². The molecular weight excluding hydrogens is 530 g/mol. The van der Waals surface area contributed by atoms with Crippen LogP contribution in [-0.4, -0.2) is 35.2 Å². The maximum absolute atomic E-state index is 13.0. The van der Waals surface area contributed by atoms with Crippen molar-refractivity contribution in [3.63, 3.8) is 0 Å². The number of nitrogens with one attached hydrogen (secondary N) is 1. The Morgan fingerprint density at radius 3 is 2.77 bits per heavy atom. The number of rotatable bonds is 7. The number of esters is 1. The number of ether oxygens (including phenoxy) is 2. The van der Waals surface area contributed by atoms with Crippen molar-refractivity contribution in [2.45, 2.75) is 33.7 Å². The molecule has 9 heteroatoms. The highest BCUT2D eigenvalue weighted by Crippen LogP contribution is 2.44. The van der Waals surface area contributed by atoms with E-state index in [0.29, 0.717) is 17.0 Å². The number of fused-ring (bicyclic) bond motifs is 1. The molecule has 0 unspecified atom stereocenters. The number of benzene rings is 2. The molecule has 2 aromatic rings. The minimum atomic E-state index is -0.512. The first-order valence-corrected chi connectivity index (χ1v) is 12.8. The van der Waals surface area contributed by atoms with Crippen molar-refractivity contribution in [1.29, 1.82) is 0 Å². The van der Waals surface area contributed by atoms with Gasteiger partial charge >= 0.3 is 5.97 Å². The topological polar surface area (TPSA) is 80.2 Å². The third-order valence-electron chi connectivity index (χ3n) is 5.82. The summed E-state index contributed by atoms with van der Waals surface area (Å²) in [7, 11) is 0. The van der Waals surface area contributed by atoms with Gasteiger partial charge in [-0.05, 0) is 68.5 Å². The van der Waals surface area contributed by atoms with Crippen LogP contribution >= 0.6 is 27.7 Å². The molecule has 0 aromatic heterocycles. The highest BCUT2D eigenvalue weighted by Gasteiger charge is 2.39. The van der Waals surface area contributed by atoms with Crippen molar-refractivity contribution in [1.82, 2.24) is 4.90 Å². The number of anilines is 1. The van der Waals surface area contributed by atoms with E-state index in [9.17, 15) is 9.59 Å². The molecule has 0 aliphatic carbocycles. The van der Waals surface area contributed by atoms with Crippen molar-refractivity contribution in [3.8, 4) is 5.75 Å². The minimum absolute atomic E-state index is 0.183. The number of nitrogens with zero attached hydrogens (tertiary/aromatic N) is 2. The Labute approximate surface area is 217 Å². The minimum Gasteiger partial charge on any atom is -0.483 e. The Bertz CT molecular complexity index is 1270. The predicted molar refractivity (Wildman–Crippen MR) is 142 cm³/mol. The van der Waals surface area contributed by atoms with Crippen molar-refractivity contribution in [2.75, 3.05) is 18.5 Å². The number of amides is 1. The largest absolute Gasteiger partial charge is 0.483 e. The van der Waals surface area contributed by atoms with Gasteiger partial charge in [-0.15, -0.1) is 0 Å². The summed E-state index contributed by atoms with van der Waals surface area (Å²) < 4.78 is 12.2. The number of hydrogen-bond acceptors (Lipinski definition) is 7. The first-order chi connectivity index (χ1) is 16.8. The van der Waals surface area contributed by atoms with Crippen LogP contribution < -0.4 is 10.1 Å². The molecule has 2 aliphatic heterocycles. The molecule has 0 spiro atoms. The van der Waals surface area contributed by atoms with Gasteiger partial charge in [-0.1, -0.05) is 39.8 Å². The summed E-state index contributed by atoms with van der Waals surface area (Å²) >= 11 is 5.02. The number of allylic oxidation sites excluding steroid dienone is 1. The van der Waals surface area contributed by atoms with Gasteiger partial charge in [0.05, 0.1) is 23.9 Å². The molecular formula is C26H26BrN3O4S. The first-order valence-electron chi connectivity index (χ1n) is 11.2. The first kappa shape index (κ1) is 25.1. The second-order valence-corrected chi connectivity index (χ2v) is 9.88. The summed E-state index contributed by atoms with van der Waals surface area (Å²) in [5, 5.41) is 5.60. The SMILES string of the molecule is CCOC(=O)C1=C(C)N=C2SC=CN2[C@@H]1c1cc(Br)ccc1OCC(=O)Nc1cccc(C)c1C. The second kappa shape index (κ2) is 10.7. The quantitative estimate of drug-likeness (QED) is 0.431. The molecule has 0 radical (unpaired) electrons. The Kier molecular flexibility index (Phi) is 7.66. The van der Waals surface area contributed by atoms with Crippen LogP contribution in [0.3, 0.4) is 0 Å². The lowest BCUT2D eigenvalue weighted by atomic mass is 9.94. The monoisotopic (exact) mass is 555 g/mol. The van der Waals surface area contributed by atoms with Crippen LogP contribution in [0.15, 0.2) is 68.7 Å². The van der Waals surface area contributed by atoms with E-state index in [1.165, 1.54) is 11.8 Å². The average Bonchev–Trinajstić information content (AvgIpc) is 3.28. The number of amidine groups is 1. The smallest absolute Gasteiger partial charge is 0.338 e. The van der Waals surface area contributed by atoms with Gasteiger partial charge < -0.3 is 19.7 Å². The highest BCUT2D eigenvalue weighted by molar-refractivity contribution is 9.10. The molecule has 2 heterocycles. The number of thioether (sulfide) groups is 1. The fraction of sp³-hybridized carbons (Fsp3) is 0.269. The summed E-state index contributed by atoms with van der Waals surface area (Å²) in [5.41, 5.74) is 4.61. The molecule has 1 amide bonds. The van der Waals surface area contributed by atoms with E-state index >= 15 is 0 Å². The van der Waals surface area contributed by atoms with Crippen molar-refractivity contribution < 1.29 is 19.1 Å².